The maximum atomic E-state index is 2.42. The van der Waals surface area contributed by atoms with Gasteiger partial charge in [0.1, 0.15) is 0 Å². The lowest BCUT2D eigenvalue weighted by molar-refractivity contribution is 0.662. The van der Waals surface area contributed by atoms with E-state index < -0.39 is 0 Å². The van der Waals surface area contributed by atoms with Gasteiger partial charge in [-0.1, -0.05) is 190 Å². The first kappa shape index (κ1) is 36.9. The molecule has 1 aliphatic rings. The zero-order chi connectivity index (χ0) is 42.1. The van der Waals surface area contributed by atoms with E-state index in [1.807, 2.05) is 0 Å². The molecule has 0 saturated heterocycles. The van der Waals surface area contributed by atoms with E-state index >= 15 is 0 Å². The van der Waals surface area contributed by atoms with Gasteiger partial charge in [0.2, 0.25) is 0 Å². The second-order valence-corrected chi connectivity index (χ2v) is 17.3. The molecule has 10 aromatic carbocycles. The number of rotatable bonds is 7. The maximum absolute atomic E-state index is 2.42. The molecule has 12 rings (SSSR count). The molecule has 2 heteroatoms. The van der Waals surface area contributed by atoms with E-state index in [0.717, 1.165) is 17.1 Å². The SMILES string of the molecule is CC1(C)c2ccccc2-c2cccc(-c3ccc(N(c4ccc(-c5cccc(-c6ccccc6-n6c7ccccc7c7ccccc76)c5)cc4)c4cccc5ccccc45)cc3)c21. The topological polar surface area (TPSA) is 8.17 Å². The summed E-state index contributed by atoms with van der Waals surface area (Å²) in [6, 6.07) is 84.5. The Morgan fingerprint density at radius 2 is 0.889 bits per heavy atom. The predicted molar refractivity (Wildman–Crippen MR) is 267 cm³/mol. The van der Waals surface area contributed by atoms with Crippen LogP contribution in [0.15, 0.2) is 231 Å². The third kappa shape index (κ3) is 5.94. The van der Waals surface area contributed by atoms with Crippen LogP contribution in [0.1, 0.15) is 25.0 Å². The number of aromatic nitrogens is 1. The number of hydrogen-bond donors (Lipinski definition) is 0. The average molecular weight is 805 g/mol. The molecule has 1 heterocycles. The van der Waals surface area contributed by atoms with E-state index in [9.17, 15) is 0 Å². The molecular formula is C61H44N2. The summed E-state index contributed by atoms with van der Waals surface area (Å²) in [5.74, 6) is 0. The van der Waals surface area contributed by atoms with E-state index in [1.54, 1.807) is 0 Å². The number of hydrogen-bond acceptors (Lipinski definition) is 1. The van der Waals surface area contributed by atoms with Crippen LogP contribution in [0.4, 0.5) is 17.1 Å². The molecule has 0 N–H and O–H groups in total. The van der Waals surface area contributed by atoms with Crippen molar-refractivity contribution in [2.45, 2.75) is 19.3 Å². The summed E-state index contributed by atoms with van der Waals surface area (Å²) in [6.07, 6.45) is 0. The number of para-hydroxylation sites is 3. The molecule has 0 aliphatic heterocycles. The van der Waals surface area contributed by atoms with Crippen LogP contribution in [0.2, 0.25) is 0 Å². The molecule has 63 heavy (non-hydrogen) atoms. The lowest BCUT2D eigenvalue weighted by Crippen LogP contribution is -2.16. The predicted octanol–water partition coefficient (Wildman–Crippen LogP) is 16.7. The second kappa shape index (κ2) is 14.6. The van der Waals surface area contributed by atoms with Crippen molar-refractivity contribution in [2.75, 3.05) is 4.90 Å². The van der Waals surface area contributed by atoms with Crippen LogP contribution in [-0.2, 0) is 5.41 Å². The highest BCUT2D eigenvalue weighted by Crippen LogP contribution is 2.52. The van der Waals surface area contributed by atoms with Crippen molar-refractivity contribution in [3.05, 3.63) is 242 Å². The molecule has 2 nitrogen and oxygen atoms in total. The van der Waals surface area contributed by atoms with Crippen LogP contribution in [-0.4, -0.2) is 4.57 Å². The van der Waals surface area contributed by atoms with Crippen LogP contribution in [0.25, 0.3) is 82.8 Å². The monoisotopic (exact) mass is 804 g/mol. The quantitative estimate of drug-likeness (QED) is 0.156. The molecule has 298 valence electrons. The van der Waals surface area contributed by atoms with Crippen molar-refractivity contribution in [2.24, 2.45) is 0 Å². The van der Waals surface area contributed by atoms with Crippen LogP contribution in [0.5, 0.6) is 0 Å². The Hall–Kier alpha value is -7.94. The van der Waals surface area contributed by atoms with E-state index in [2.05, 4.69) is 254 Å². The molecule has 0 bridgehead atoms. The Kier molecular flexibility index (Phi) is 8.55. The van der Waals surface area contributed by atoms with Crippen LogP contribution in [0.3, 0.4) is 0 Å². The lowest BCUT2D eigenvalue weighted by atomic mass is 9.79. The average Bonchev–Trinajstić information content (AvgIpc) is 3.80. The number of fused-ring (bicyclic) bond motifs is 7. The fourth-order valence-corrected chi connectivity index (χ4v) is 10.5. The maximum Gasteiger partial charge on any atom is 0.0541 e. The van der Waals surface area contributed by atoms with E-state index in [0.29, 0.717) is 0 Å². The third-order valence-corrected chi connectivity index (χ3v) is 13.4. The summed E-state index contributed by atoms with van der Waals surface area (Å²) in [7, 11) is 0. The Morgan fingerprint density at radius 3 is 1.63 bits per heavy atom. The smallest absolute Gasteiger partial charge is 0.0541 e. The van der Waals surface area contributed by atoms with Gasteiger partial charge in [-0.25, -0.2) is 0 Å². The van der Waals surface area contributed by atoms with Gasteiger partial charge in [0.05, 0.1) is 22.4 Å². The van der Waals surface area contributed by atoms with Gasteiger partial charge in [0, 0.05) is 38.5 Å². The number of nitrogens with zero attached hydrogens (tertiary/aromatic N) is 2. The first-order valence-corrected chi connectivity index (χ1v) is 21.9. The highest BCUT2D eigenvalue weighted by molar-refractivity contribution is 6.10. The largest absolute Gasteiger partial charge is 0.310 e. The van der Waals surface area contributed by atoms with Crippen molar-refractivity contribution < 1.29 is 0 Å². The van der Waals surface area contributed by atoms with Crippen molar-refractivity contribution >= 4 is 49.6 Å². The van der Waals surface area contributed by atoms with E-state index in [-0.39, 0.29) is 5.41 Å². The highest BCUT2D eigenvalue weighted by atomic mass is 15.1. The first-order chi connectivity index (χ1) is 31.0. The second-order valence-electron chi connectivity index (χ2n) is 17.3. The summed E-state index contributed by atoms with van der Waals surface area (Å²) in [4.78, 5) is 2.41. The van der Waals surface area contributed by atoms with Crippen LogP contribution >= 0.6 is 0 Å². The molecule has 0 spiro atoms. The minimum absolute atomic E-state index is 0.0901. The van der Waals surface area contributed by atoms with Crippen molar-refractivity contribution in [1.29, 1.82) is 0 Å². The van der Waals surface area contributed by atoms with Gasteiger partial charge < -0.3 is 9.47 Å². The Labute approximate surface area is 368 Å². The molecule has 0 amide bonds. The Bertz CT molecular complexity index is 3470. The molecule has 0 atom stereocenters. The molecule has 11 aromatic rings. The summed E-state index contributed by atoms with van der Waals surface area (Å²) >= 11 is 0. The van der Waals surface area contributed by atoms with Gasteiger partial charge in [-0.2, -0.15) is 0 Å². The minimum atomic E-state index is -0.0901. The van der Waals surface area contributed by atoms with Gasteiger partial charge >= 0.3 is 0 Å². The zero-order valence-corrected chi connectivity index (χ0v) is 35.3. The summed E-state index contributed by atoms with van der Waals surface area (Å²) in [5.41, 5.74) is 19.6. The van der Waals surface area contributed by atoms with E-state index in [4.69, 9.17) is 0 Å². The van der Waals surface area contributed by atoms with Crippen LogP contribution in [0, 0.1) is 0 Å². The summed E-state index contributed by atoms with van der Waals surface area (Å²) in [6.45, 7) is 4.73. The summed E-state index contributed by atoms with van der Waals surface area (Å²) in [5, 5.41) is 4.95. The molecule has 0 fully saturated rings. The van der Waals surface area contributed by atoms with Gasteiger partial charge in [0.15, 0.2) is 0 Å². The van der Waals surface area contributed by atoms with Gasteiger partial charge in [-0.05, 0) is 110 Å². The third-order valence-electron chi connectivity index (χ3n) is 13.4. The molecule has 0 radical (unpaired) electrons. The fourth-order valence-electron chi connectivity index (χ4n) is 10.5. The normalized spacial score (nSPS) is 12.7. The molecule has 0 unspecified atom stereocenters. The van der Waals surface area contributed by atoms with Crippen LogP contribution < -0.4 is 4.90 Å². The van der Waals surface area contributed by atoms with E-state index in [1.165, 1.54) is 93.9 Å². The first-order valence-electron chi connectivity index (χ1n) is 21.9. The molecule has 1 aromatic heterocycles. The summed E-state index contributed by atoms with van der Waals surface area (Å²) < 4.78 is 2.42. The van der Waals surface area contributed by atoms with Crippen molar-refractivity contribution in [1.82, 2.24) is 4.57 Å². The fraction of sp³-hybridized carbons (Fsp3) is 0.0492. The molecular weight excluding hydrogens is 761 g/mol. The van der Waals surface area contributed by atoms with Gasteiger partial charge in [-0.15, -0.1) is 0 Å². The molecule has 1 aliphatic carbocycles. The highest BCUT2D eigenvalue weighted by Gasteiger charge is 2.37. The zero-order valence-electron chi connectivity index (χ0n) is 35.3. The van der Waals surface area contributed by atoms with Crippen molar-refractivity contribution in [3.63, 3.8) is 0 Å². The molecule has 0 saturated carbocycles. The van der Waals surface area contributed by atoms with Gasteiger partial charge in [-0.3, -0.25) is 0 Å². The standard InChI is InChI=1S/C61H44N2/c1-61(2)55-27-9-5-22-51(55)54-26-15-25-50(60(54)61)43-34-38-47(39-35-43)62(56-31-14-17-42-16-3-4-20-48(42)56)46-36-32-41(33-37-46)44-18-13-19-45(40-44)49-21-6-10-28-57(49)63-58-29-11-7-23-52(58)53-24-8-12-30-59(53)63/h3-40H,1-2H3. The lowest BCUT2D eigenvalue weighted by Gasteiger charge is -2.28. The minimum Gasteiger partial charge on any atom is -0.310 e. The number of benzene rings is 10. The van der Waals surface area contributed by atoms with Crippen molar-refractivity contribution in [3.8, 4) is 50.2 Å². The van der Waals surface area contributed by atoms with Gasteiger partial charge in [0.25, 0.3) is 0 Å². The Balaban J connectivity index is 0.928. The Morgan fingerprint density at radius 1 is 0.365 bits per heavy atom. The number of anilines is 3.